The maximum atomic E-state index is 12.5. The van der Waals surface area contributed by atoms with Gasteiger partial charge in [0.2, 0.25) is 0 Å². The van der Waals surface area contributed by atoms with Crippen molar-refractivity contribution in [2.75, 3.05) is 12.4 Å². The molecule has 0 aromatic carbocycles. The maximum Gasteiger partial charge on any atom is 0.0863 e. The number of halogens is 1. The van der Waals surface area contributed by atoms with E-state index in [1.165, 1.54) is 38.5 Å². The van der Waals surface area contributed by atoms with E-state index in [-0.39, 0.29) is 5.60 Å². The number of allylic oxidation sites excluding steroid dienone is 2. The molecule has 0 saturated heterocycles. The largest absolute Gasteiger partial charge is 0.372 e. The van der Waals surface area contributed by atoms with Crippen molar-refractivity contribution in [3.63, 3.8) is 0 Å². The van der Waals surface area contributed by atoms with Gasteiger partial charge in [0.25, 0.3) is 0 Å². The molecule has 23 heavy (non-hydrogen) atoms. The van der Waals surface area contributed by atoms with Gasteiger partial charge in [0.15, 0.2) is 0 Å². The standard InChI is InChI=1S/C19H33FO2S/c1-18(2,13-21-19(3,4)14-23-20)22-17-11-15-9-7-5-6-8-10-16(15)12-17/h5-6,15-17H,7-14H2,1-4H3/b6-5+. The van der Waals surface area contributed by atoms with Gasteiger partial charge in [0.05, 0.1) is 29.7 Å². The van der Waals surface area contributed by atoms with E-state index in [0.29, 0.717) is 30.6 Å². The molecule has 2 nitrogen and oxygen atoms in total. The van der Waals surface area contributed by atoms with Gasteiger partial charge < -0.3 is 9.47 Å². The summed E-state index contributed by atoms with van der Waals surface area (Å²) < 4.78 is 24.8. The van der Waals surface area contributed by atoms with Crippen molar-refractivity contribution in [2.24, 2.45) is 11.8 Å². The van der Waals surface area contributed by atoms with Crippen LogP contribution in [-0.4, -0.2) is 29.7 Å². The second-order valence-electron chi connectivity index (χ2n) is 8.42. The molecule has 2 rings (SSSR count). The van der Waals surface area contributed by atoms with Gasteiger partial charge in [0.1, 0.15) is 0 Å². The van der Waals surface area contributed by atoms with Crippen LogP contribution < -0.4 is 0 Å². The Morgan fingerprint density at radius 2 is 1.57 bits per heavy atom. The Balaban J connectivity index is 1.81. The van der Waals surface area contributed by atoms with Gasteiger partial charge in [-0.25, -0.2) is 0 Å². The van der Waals surface area contributed by atoms with Crippen molar-refractivity contribution in [2.45, 2.75) is 83.5 Å². The summed E-state index contributed by atoms with van der Waals surface area (Å²) >= 11 is 0.338. The number of hydrogen-bond acceptors (Lipinski definition) is 3. The van der Waals surface area contributed by atoms with Crippen LogP contribution in [0.25, 0.3) is 0 Å². The SMILES string of the molecule is CC(C)(CSF)OCC(C)(C)OC1CC2CC/C=C/CCC2C1. The molecule has 0 spiro atoms. The predicted molar refractivity (Wildman–Crippen MR) is 96.4 cm³/mol. The molecule has 0 heterocycles. The molecule has 0 aromatic heterocycles. The molecule has 0 amide bonds. The summed E-state index contributed by atoms with van der Waals surface area (Å²) in [7, 11) is 0. The molecule has 0 radical (unpaired) electrons. The summed E-state index contributed by atoms with van der Waals surface area (Å²) in [6.45, 7) is 8.55. The number of ether oxygens (including phenoxy) is 2. The van der Waals surface area contributed by atoms with E-state index < -0.39 is 5.60 Å². The average molecular weight is 345 g/mol. The molecule has 134 valence electrons. The van der Waals surface area contributed by atoms with Gasteiger partial charge in [-0.05, 0) is 78.1 Å². The predicted octanol–water partition coefficient (Wildman–Crippen LogP) is 5.72. The van der Waals surface area contributed by atoms with E-state index >= 15 is 0 Å². The Kier molecular flexibility index (Phi) is 7.00. The molecule has 0 bridgehead atoms. The van der Waals surface area contributed by atoms with Crippen LogP contribution in [0, 0.1) is 11.8 Å². The third-order valence-electron chi connectivity index (χ3n) is 5.07. The Morgan fingerprint density at radius 1 is 1.00 bits per heavy atom. The maximum absolute atomic E-state index is 12.5. The lowest BCUT2D eigenvalue weighted by Crippen LogP contribution is -2.39. The number of fused-ring (bicyclic) bond motifs is 1. The Hall–Kier alpha value is -0.0600. The monoisotopic (exact) mass is 344 g/mol. The zero-order valence-corrected chi connectivity index (χ0v) is 16.0. The summed E-state index contributed by atoms with van der Waals surface area (Å²) in [6.07, 6.45) is 12.4. The molecule has 2 aliphatic carbocycles. The fourth-order valence-corrected chi connectivity index (χ4v) is 4.19. The summed E-state index contributed by atoms with van der Waals surface area (Å²) in [5.41, 5.74) is -0.772. The minimum Gasteiger partial charge on any atom is -0.372 e. The van der Waals surface area contributed by atoms with Crippen LogP contribution in [0.3, 0.4) is 0 Å². The summed E-state index contributed by atoms with van der Waals surface area (Å²) in [5, 5.41) is 0. The van der Waals surface area contributed by atoms with Crippen molar-refractivity contribution in [1.82, 2.24) is 0 Å². The fourth-order valence-electron chi connectivity index (χ4n) is 3.84. The van der Waals surface area contributed by atoms with Gasteiger partial charge in [-0.1, -0.05) is 12.2 Å². The quantitative estimate of drug-likeness (QED) is 0.550. The van der Waals surface area contributed by atoms with E-state index in [1.807, 2.05) is 13.8 Å². The minimum atomic E-state index is -0.453. The third kappa shape index (κ3) is 6.39. The second-order valence-corrected chi connectivity index (χ2v) is 8.93. The van der Waals surface area contributed by atoms with Crippen molar-refractivity contribution in [3.05, 3.63) is 12.2 Å². The molecule has 0 aliphatic heterocycles. The third-order valence-corrected chi connectivity index (χ3v) is 5.88. The molecule has 0 N–H and O–H groups in total. The topological polar surface area (TPSA) is 18.5 Å². The van der Waals surface area contributed by atoms with Gasteiger partial charge in [-0.2, -0.15) is 3.89 Å². The lowest BCUT2D eigenvalue weighted by atomic mass is 9.86. The Labute approximate surface area is 145 Å². The fraction of sp³-hybridized carbons (Fsp3) is 0.895. The van der Waals surface area contributed by atoms with Gasteiger partial charge in [0, 0.05) is 12.1 Å². The second kappa shape index (κ2) is 8.35. The normalized spacial score (nSPS) is 30.6. The Morgan fingerprint density at radius 3 is 2.09 bits per heavy atom. The first-order chi connectivity index (χ1) is 10.8. The van der Waals surface area contributed by atoms with Crippen molar-refractivity contribution in [3.8, 4) is 0 Å². The van der Waals surface area contributed by atoms with Crippen LogP contribution in [0.4, 0.5) is 3.89 Å². The highest BCUT2D eigenvalue weighted by Gasteiger charge is 2.37. The van der Waals surface area contributed by atoms with E-state index in [1.54, 1.807) is 0 Å². The van der Waals surface area contributed by atoms with Crippen molar-refractivity contribution in [1.29, 1.82) is 0 Å². The minimum absolute atomic E-state index is 0.319. The van der Waals surface area contributed by atoms with Gasteiger partial charge in [-0.15, -0.1) is 0 Å². The molecule has 4 heteroatoms. The van der Waals surface area contributed by atoms with Crippen LogP contribution in [0.15, 0.2) is 12.2 Å². The van der Waals surface area contributed by atoms with Crippen LogP contribution in [0.5, 0.6) is 0 Å². The highest BCUT2D eigenvalue weighted by Crippen LogP contribution is 2.41. The van der Waals surface area contributed by atoms with E-state index in [9.17, 15) is 3.89 Å². The summed E-state index contributed by atoms with van der Waals surface area (Å²) in [4.78, 5) is 0. The lowest BCUT2D eigenvalue weighted by Gasteiger charge is -2.33. The molecular weight excluding hydrogens is 311 g/mol. The molecule has 2 unspecified atom stereocenters. The van der Waals surface area contributed by atoms with Gasteiger partial charge in [-0.3, -0.25) is 0 Å². The first-order valence-electron chi connectivity index (χ1n) is 9.02. The summed E-state index contributed by atoms with van der Waals surface area (Å²) in [5.74, 6) is 1.99. The van der Waals surface area contributed by atoms with Crippen LogP contribution in [0.1, 0.15) is 66.2 Å². The molecule has 2 atom stereocenters. The van der Waals surface area contributed by atoms with E-state index in [0.717, 1.165) is 11.8 Å². The first kappa shape index (κ1) is 19.3. The van der Waals surface area contributed by atoms with Crippen LogP contribution in [-0.2, 0) is 9.47 Å². The van der Waals surface area contributed by atoms with Crippen molar-refractivity contribution < 1.29 is 13.4 Å². The Bertz CT molecular complexity index is 377. The summed E-state index contributed by atoms with van der Waals surface area (Å²) in [6, 6.07) is 0. The average Bonchev–Trinajstić information content (AvgIpc) is 2.77. The zero-order valence-electron chi connectivity index (χ0n) is 15.1. The van der Waals surface area contributed by atoms with Gasteiger partial charge >= 0.3 is 0 Å². The highest BCUT2D eigenvalue weighted by molar-refractivity contribution is 7.94. The molecular formula is C19H33FO2S. The van der Waals surface area contributed by atoms with E-state index in [4.69, 9.17) is 9.47 Å². The molecule has 2 aliphatic rings. The smallest absolute Gasteiger partial charge is 0.0863 e. The molecule has 1 fully saturated rings. The molecule has 0 aromatic rings. The molecule has 1 saturated carbocycles. The van der Waals surface area contributed by atoms with E-state index in [2.05, 4.69) is 26.0 Å². The number of hydrogen-bond donors (Lipinski definition) is 0. The highest BCUT2D eigenvalue weighted by atomic mass is 32.2. The van der Waals surface area contributed by atoms with Crippen LogP contribution >= 0.6 is 12.1 Å². The lowest BCUT2D eigenvalue weighted by molar-refractivity contribution is -0.138. The van der Waals surface area contributed by atoms with Crippen LogP contribution in [0.2, 0.25) is 0 Å². The first-order valence-corrected chi connectivity index (χ1v) is 9.90. The van der Waals surface area contributed by atoms with Crippen molar-refractivity contribution >= 4 is 12.1 Å². The number of rotatable bonds is 7. The zero-order chi connectivity index (χ0) is 16.9.